The summed E-state index contributed by atoms with van der Waals surface area (Å²) in [5, 5.41) is 11.1. The molecule has 6 heteroatoms. The molecule has 0 bridgehead atoms. The van der Waals surface area contributed by atoms with E-state index in [-0.39, 0.29) is 24.5 Å². The highest BCUT2D eigenvalue weighted by Gasteiger charge is 2.14. The second-order valence-electron chi connectivity index (χ2n) is 15.7. The first-order valence-electron chi connectivity index (χ1n) is 22.7. The van der Waals surface area contributed by atoms with E-state index in [0.29, 0.717) is 12.8 Å². The first-order chi connectivity index (χ1) is 25.0. The summed E-state index contributed by atoms with van der Waals surface area (Å²) in [6, 6.07) is 0. The maximum Gasteiger partial charge on any atom is 0.322 e. The first-order valence-corrected chi connectivity index (χ1v) is 22.7. The number of nitrogens with one attached hydrogen (secondary N) is 1. The monoisotopic (exact) mass is 722 g/mol. The summed E-state index contributed by atoms with van der Waals surface area (Å²) in [7, 11) is 0. The summed E-state index contributed by atoms with van der Waals surface area (Å²) in [5.74, 6) is -1.21. The Bertz CT molecular complexity index is 757. The normalized spacial score (nSPS) is 11.9. The quantitative estimate of drug-likeness (QED) is 0.0483. The first kappa shape index (κ1) is 49.4. The maximum absolute atomic E-state index is 12.7. The van der Waals surface area contributed by atoms with Crippen LogP contribution in [0.4, 0.5) is 0 Å². The number of hydrogen-bond donors (Lipinski definition) is 2. The van der Waals surface area contributed by atoms with E-state index >= 15 is 0 Å². The molecule has 302 valence electrons. The van der Waals surface area contributed by atoms with Crippen molar-refractivity contribution >= 4 is 17.8 Å². The van der Waals surface area contributed by atoms with Crippen molar-refractivity contribution in [1.29, 1.82) is 0 Å². The molecule has 2 N–H and O–H groups in total. The third kappa shape index (κ3) is 41.0. The molecular weight excluding hydrogens is 634 g/mol. The lowest BCUT2D eigenvalue weighted by molar-refractivity contribution is -0.150. The molecule has 0 aromatic rings. The van der Waals surface area contributed by atoms with E-state index in [9.17, 15) is 14.4 Å². The summed E-state index contributed by atoms with van der Waals surface area (Å²) < 4.78 is 6.03. The fourth-order valence-corrected chi connectivity index (χ4v) is 7.16. The number of unbranched alkanes of at least 4 members (excludes halogenated alkanes) is 31. The predicted molar refractivity (Wildman–Crippen MR) is 217 cm³/mol. The van der Waals surface area contributed by atoms with Gasteiger partial charge in [0.1, 0.15) is 12.6 Å². The average molecular weight is 722 g/mol. The Morgan fingerprint density at radius 1 is 0.431 bits per heavy atom. The highest BCUT2D eigenvalue weighted by atomic mass is 16.5. The summed E-state index contributed by atoms with van der Waals surface area (Å²) in [4.78, 5) is 35.0. The molecule has 0 saturated heterocycles. The average Bonchev–Trinajstić information content (AvgIpc) is 3.11. The van der Waals surface area contributed by atoms with Gasteiger partial charge >= 0.3 is 11.9 Å². The zero-order valence-corrected chi connectivity index (χ0v) is 34.2. The van der Waals surface area contributed by atoms with Crippen LogP contribution in [0.25, 0.3) is 0 Å². The van der Waals surface area contributed by atoms with E-state index < -0.39 is 5.97 Å². The number of rotatable bonds is 42. The number of carbonyl (C=O) groups is 3. The summed E-state index contributed by atoms with van der Waals surface area (Å²) >= 11 is 0. The Labute approximate surface area is 317 Å². The van der Waals surface area contributed by atoms with Crippen molar-refractivity contribution in [3.8, 4) is 0 Å². The van der Waals surface area contributed by atoms with E-state index in [2.05, 4.69) is 19.2 Å². The Morgan fingerprint density at radius 2 is 0.725 bits per heavy atom. The van der Waals surface area contributed by atoms with Gasteiger partial charge in [-0.15, -0.1) is 0 Å². The van der Waals surface area contributed by atoms with Crippen molar-refractivity contribution in [3.05, 3.63) is 0 Å². The van der Waals surface area contributed by atoms with Gasteiger partial charge in [0.05, 0.1) is 0 Å². The Hall–Kier alpha value is -1.59. The molecule has 0 heterocycles. The van der Waals surface area contributed by atoms with Crippen LogP contribution in [-0.4, -0.2) is 35.6 Å². The van der Waals surface area contributed by atoms with Crippen LogP contribution in [0.5, 0.6) is 0 Å². The lowest BCUT2D eigenvalue weighted by atomic mass is 10.0. The second-order valence-corrected chi connectivity index (χ2v) is 15.7. The fraction of sp³-hybridized carbons (Fsp3) is 0.933. The third-order valence-electron chi connectivity index (χ3n) is 10.5. The molecule has 0 aliphatic carbocycles. The van der Waals surface area contributed by atoms with Crippen LogP contribution in [0.1, 0.15) is 258 Å². The minimum Gasteiger partial charge on any atom is -0.480 e. The van der Waals surface area contributed by atoms with Crippen molar-refractivity contribution < 1.29 is 24.2 Å². The molecule has 51 heavy (non-hydrogen) atoms. The van der Waals surface area contributed by atoms with E-state index in [0.717, 1.165) is 64.2 Å². The van der Waals surface area contributed by atoms with E-state index in [1.807, 2.05) is 0 Å². The minimum absolute atomic E-state index is 0.00861. The molecule has 0 saturated carbocycles. The Morgan fingerprint density at radius 3 is 1.06 bits per heavy atom. The minimum atomic E-state index is -1.01. The SMILES string of the molecule is CCCCCCCCCCCCCCCCCCCCCCC(=O)OC(CCCCCCCCCCC)CCCCCCCC(=O)NCC(=O)O. The van der Waals surface area contributed by atoms with Gasteiger partial charge in [0, 0.05) is 12.8 Å². The Kier molecular flexibility index (Phi) is 39.9. The number of hydrogen-bond acceptors (Lipinski definition) is 4. The summed E-state index contributed by atoms with van der Waals surface area (Å²) in [6.07, 6.45) is 46.7. The highest BCUT2D eigenvalue weighted by molar-refractivity contribution is 5.80. The smallest absolute Gasteiger partial charge is 0.322 e. The molecule has 0 aliphatic rings. The predicted octanol–water partition coefficient (Wildman–Crippen LogP) is 14.0. The number of amides is 1. The highest BCUT2D eigenvalue weighted by Crippen LogP contribution is 2.19. The van der Waals surface area contributed by atoms with Gasteiger partial charge in [-0.05, 0) is 38.5 Å². The largest absolute Gasteiger partial charge is 0.480 e. The van der Waals surface area contributed by atoms with Crippen molar-refractivity contribution in [2.75, 3.05) is 6.54 Å². The van der Waals surface area contributed by atoms with Crippen LogP contribution in [-0.2, 0) is 19.1 Å². The molecule has 0 radical (unpaired) electrons. The molecule has 0 spiro atoms. The van der Waals surface area contributed by atoms with E-state index in [4.69, 9.17) is 9.84 Å². The number of ether oxygens (including phenoxy) is 1. The van der Waals surface area contributed by atoms with Crippen LogP contribution >= 0.6 is 0 Å². The van der Waals surface area contributed by atoms with Crippen molar-refractivity contribution in [1.82, 2.24) is 5.32 Å². The summed E-state index contributed by atoms with van der Waals surface area (Å²) in [5.41, 5.74) is 0. The molecule has 0 aliphatic heterocycles. The van der Waals surface area contributed by atoms with Crippen molar-refractivity contribution in [2.24, 2.45) is 0 Å². The lowest BCUT2D eigenvalue weighted by Crippen LogP contribution is -2.28. The topological polar surface area (TPSA) is 92.7 Å². The van der Waals surface area contributed by atoms with Gasteiger partial charge in [-0.2, -0.15) is 0 Å². The van der Waals surface area contributed by atoms with Gasteiger partial charge in [0.25, 0.3) is 0 Å². The number of carboxylic acid groups (broad SMARTS) is 1. The van der Waals surface area contributed by atoms with Crippen molar-refractivity contribution in [3.63, 3.8) is 0 Å². The van der Waals surface area contributed by atoms with Gasteiger partial charge in [-0.3, -0.25) is 14.4 Å². The van der Waals surface area contributed by atoms with Crippen molar-refractivity contribution in [2.45, 2.75) is 264 Å². The summed E-state index contributed by atoms with van der Waals surface area (Å²) in [6.45, 7) is 4.25. The molecule has 0 aromatic carbocycles. The molecule has 6 nitrogen and oxygen atoms in total. The molecule has 0 fully saturated rings. The number of carboxylic acids is 1. The van der Waals surface area contributed by atoms with E-state index in [1.165, 1.54) is 167 Å². The zero-order chi connectivity index (χ0) is 37.3. The molecule has 1 amide bonds. The molecular formula is C45H87NO5. The maximum atomic E-state index is 12.7. The van der Waals surface area contributed by atoms with Gasteiger partial charge in [-0.1, -0.05) is 206 Å². The zero-order valence-electron chi connectivity index (χ0n) is 34.2. The Balaban J connectivity index is 3.95. The molecule has 0 aromatic heterocycles. The van der Waals surface area contributed by atoms with Gasteiger partial charge in [0.15, 0.2) is 0 Å². The van der Waals surface area contributed by atoms with Gasteiger partial charge in [-0.25, -0.2) is 0 Å². The van der Waals surface area contributed by atoms with Gasteiger partial charge in [0.2, 0.25) is 5.91 Å². The van der Waals surface area contributed by atoms with Crippen LogP contribution in [0.15, 0.2) is 0 Å². The number of esters is 1. The third-order valence-corrected chi connectivity index (χ3v) is 10.5. The number of aliphatic carboxylic acids is 1. The molecule has 1 unspecified atom stereocenters. The van der Waals surface area contributed by atoms with Crippen LogP contribution in [0.3, 0.4) is 0 Å². The van der Waals surface area contributed by atoms with E-state index in [1.54, 1.807) is 0 Å². The molecule has 1 atom stereocenters. The molecule has 0 rings (SSSR count). The number of carbonyl (C=O) groups excluding carboxylic acids is 2. The van der Waals surface area contributed by atoms with Crippen LogP contribution < -0.4 is 5.32 Å². The van der Waals surface area contributed by atoms with Gasteiger partial charge < -0.3 is 15.2 Å². The van der Waals surface area contributed by atoms with Crippen LogP contribution in [0, 0.1) is 0 Å². The van der Waals surface area contributed by atoms with Crippen LogP contribution in [0.2, 0.25) is 0 Å². The standard InChI is InChI=1S/C45H87NO5/c1-3-5-7-9-11-13-14-15-16-17-18-19-20-21-22-23-25-27-32-36-40-45(50)51-42(37-33-29-26-24-12-10-8-6-4-2)38-34-30-28-31-35-39-43(47)46-41-44(48)49/h42H,3-41H2,1-2H3,(H,46,47)(H,48,49). The lowest BCUT2D eigenvalue weighted by Gasteiger charge is -2.18. The fourth-order valence-electron chi connectivity index (χ4n) is 7.16. The second kappa shape index (κ2) is 41.2.